The molecule has 0 saturated carbocycles. The molecule has 0 saturated heterocycles. The second-order valence-corrected chi connectivity index (χ2v) is 4.36. The van der Waals surface area contributed by atoms with Crippen molar-refractivity contribution < 1.29 is 14.3 Å². The smallest absolute Gasteiger partial charge is 0.220 e. The summed E-state index contributed by atoms with van der Waals surface area (Å²) in [6.45, 7) is 2.90. The first-order valence-corrected chi connectivity index (χ1v) is 6.12. The highest BCUT2D eigenvalue weighted by atomic mass is 16.3. The quantitative estimate of drug-likeness (QED) is 0.679. The molecule has 1 rings (SSSR count). The minimum atomic E-state index is 0.0538. The molecule has 0 spiro atoms. The maximum Gasteiger partial charge on any atom is 0.220 e. The number of aryl methyl sites for hydroxylation is 1. The van der Waals surface area contributed by atoms with Crippen LogP contribution in [0.4, 0.5) is 0 Å². The van der Waals surface area contributed by atoms with Gasteiger partial charge >= 0.3 is 0 Å². The minimum absolute atomic E-state index is 0.0538. The molecule has 0 aromatic carbocycles. The van der Waals surface area contributed by atoms with Crippen LogP contribution in [0.3, 0.4) is 0 Å². The number of aliphatic hydroxyl groups excluding tert-OH is 1. The molecule has 1 aromatic heterocycles. The van der Waals surface area contributed by atoms with Crippen LogP contribution in [0.25, 0.3) is 0 Å². The Bertz CT molecular complexity index is 308. The first kappa shape index (κ1) is 13.8. The van der Waals surface area contributed by atoms with Crippen molar-refractivity contribution in [2.75, 3.05) is 13.2 Å². The molecule has 0 bridgehead atoms. The molecule has 0 aliphatic carbocycles. The largest absolute Gasteiger partial charge is 0.469 e. The van der Waals surface area contributed by atoms with Crippen LogP contribution in [0.5, 0.6) is 0 Å². The molecule has 1 unspecified atom stereocenters. The Morgan fingerprint density at radius 1 is 1.59 bits per heavy atom. The van der Waals surface area contributed by atoms with Crippen molar-refractivity contribution in [1.82, 2.24) is 5.32 Å². The fourth-order valence-corrected chi connectivity index (χ4v) is 1.55. The summed E-state index contributed by atoms with van der Waals surface area (Å²) in [7, 11) is 0. The molecule has 96 valence electrons. The van der Waals surface area contributed by atoms with Crippen molar-refractivity contribution in [3.8, 4) is 0 Å². The Morgan fingerprint density at radius 3 is 3.06 bits per heavy atom. The fraction of sp³-hybridized carbons (Fsp3) is 0.615. The van der Waals surface area contributed by atoms with E-state index in [4.69, 9.17) is 9.52 Å². The van der Waals surface area contributed by atoms with E-state index in [-0.39, 0.29) is 12.5 Å². The highest BCUT2D eigenvalue weighted by Crippen LogP contribution is 2.04. The molecule has 4 nitrogen and oxygen atoms in total. The molecule has 2 N–H and O–H groups in total. The first-order valence-electron chi connectivity index (χ1n) is 6.12. The molecule has 1 aromatic rings. The highest BCUT2D eigenvalue weighted by Gasteiger charge is 2.04. The first-order chi connectivity index (χ1) is 8.22. The number of rotatable bonds is 8. The van der Waals surface area contributed by atoms with Gasteiger partial charge in [0.25, 0.3) is 0 Å². The van der Waals surface area contributed by atoms with Crippen LogP contribution >= 0.6 is 0 Å². The van der Waals surface area contributed by atoms with E-state index in [2.05, 4.69) is 5.32 Å². The van der Waals surface area contributed by atoms with Crippen LogP contribution in [0, 0.1) is 5.92 Å². The molecular formula is C13H21NO3. The van der Waals surface area contributed by atoms with Gasteiger partial charge in [-0.3, -0.25) is 4.79 Å². The number of hydrogen-bond donors (Lipinski definition) is 2. The lowest BCUT2D eigenvalue weighted by molar-refractivity contribution is -0.121. The summed E-state index contributed by atoms with van der Waals surface area (Å²) in [5.74, 6) is 1.21. The van der Waals surface area contributed by atoms with Gasteiger partial charge in [0, 0.05) is 26.0 Å². The average Bonchev–Trinajstić information content (AvgIpc) is 2.84. The second-order valence-electron chi connectivity index (χ2n) is 4.36. The third-order valence-electron chi connectivity index (χ3n) is 2.69. The second kappa shape index (κ2) is 7.90. The predicted octanol–water partition coefficient (Wildman–Crippen LogP) is 1.74. The average molecular weight is 239 g/mol. The van der Waals surface area contributed by atoms with Gasteiger partial charge in [0.05, 0.1) is 6.26 Å². The summed E-state index contributed by atoms with van der Waals surface area (Å²) in [5.41, 5.74) is 0. The number of carbonyl (C=O) groups excluding carboxylic acids is 1. The lowest BCUT2D eigenvalue weighted by atomic mass is 10.1. The van der Waals surface area contributed by atoms with Gasteiger partial charge < -0.3 is 14.8 Å². The van der Waals surface area contributed by atoms with Gasteiger partial charge in [-0.05, 0) is 30.9 Å². The Morgan fingerprint density at radius 2 is 2.41 bits per heavy atom. The predicted molar refractivity (Wildman–Crippen MR) is 65.5 cm³/mol. The molecule has 1 amide bonds. The summed E-state index contributed by atoms with van der Waals surface area (Å²) in [5, 5.41) is 11.7. The summed E-state index contributed by atoms with van der Waals surface area (Å²) in [4.78, 5) is 11.5. The summed E-state index contributed by atoms with van der Waals surface area (Å²) < 4.78 is 5.15. The molecule has 0 radical (unpaired) electrons. The zero-order chi connectivity index (χ0) is 12.5. The van der Waals surface area contributed by atoms with Crippen LogP contribution in [0.15, 0.2) is 22.8 Å². The van der Waals surface area contributed by atoms with Gasteiger partial charge in [-0.15, -0.1) is 0 Å². The van der Waals surface area contributed by atoms with Crippen LogP contribution in [0.2, 0.25) is 0 Å². The Balaban J connectivity index is 2.02. The van der Waals surface area contributed by atoms with Gasteiger partial charge in [-0.25, -0.2) is 0 Å². The van der Waals surface area contributed by atoms with Gasteiger partial charge in [0.2, 0.25) is 5.91 Å². The van der Waals surface area contributed by atoms with Crippen LogP contribution in [-0.2, 0) is 11.2 Å². The molecule has 0 fully saturated rings. The van der Waals surface area contributed by atoms with E-state index in [1.165, 1.54) is 0 Å². The van der Waals surface area contributed by atoms with E-state index in [9.17, 15) is 4.79 Å². The number of furan rings is 1. The zero-order valence-corrected chi connectivity index (χ0v) is 10.3. The van der Waals surface area contributed by atoms with Gasteiger partial charge in [0.1, 0.15) is 5.76 Å². The SMILES string of the molecule is CC(CO)CCCNC(=O)CCc1ccco1. The van der Waals surface area contributed by atoms with Crippen molar-refractivity contribution in [3.63, 3.8) is 0 Å². The van der Waals surface area contributed by atoms with Crippen molar-refractivity contribution in [2.45, 2.75) is 32.6 Å². The Labute approximate surface area is 102 Å². The lowest BCUT2D eigenvalue weighted by Crippen LogP contribution is -2.25. The standard InChI is InChI=1S/C13H21NO3/c1-11(10-15)4-2-8-14-13(16)7-6-12-5-3-9-17-12/h3,5,9,11,15H,2,4,6-8,10H2,1H3,(H,14,16). The van der Waals surface area contributed by atoms with Crippen molar-refractivity contribution in [2.24, 2.45) is 5.92 Å². The van der Waals surface area contributed by atoms with Crippen molar-refractivity contribution in [3.05, 3.63) is 24.2 Å². The van der Waals surface area contributed by atoms with Crippen molar-refractivity contribution in [1.29, 1.82) is 0 Å². The molecule has 4 heteroatoms. The molecule has 1 atom stereocenters. The lowest BCUT2D eigenvalue weighted by Gasteiger charge is -2.08. The van der Waals surface area contributed by atoms with E-state index < -0.39 is 0 Å². The van der Waals surface area contributed by atoms with Crippen molar-refractivity contribution >= 4 is 5.91 Å². The molecular weight excluding hydrogens is 218 g/mol. The van der Waals surface area contributed by atoms with E-state index in [1.54, 1.807) is 6.26 Å². The molecule has 17 heavy (non-hydrogen) atoms. The number of carbonyl (C=O) groups is 1. The monoisotopic (exact) mass is 239 g/mol. The molecule has 1 heterocycles. The Hall–Kier alpha value is -1.29. The zero-order valence-electron chi connectivity index (χ0n) is 10.3. The number of amides is 1. The maximum absolute atomic E-state index is 11.5. The third-order valence-corrected chi connectivity index (χ3v) is 2.69. The maximum atomic E-state index is 11.5. The highest BCUT2D eigenvalue weighted by molar-refractivity contribution is 5.75. The summed E-state index contributed by atoms with van der Waals surface area (Å²) in [6, 6.07) is 3.69. The minimum Gasteiger partial charge on any atom is -0.469 e. The number of nitrogens with one attached hydrogen (secondary N) is 1. The van der Waals surface area contributed by atoms with Gasteiger partial charge in [-0.1, -0.05) is 6.92 Å². The van der Waals surface area contributed by atoms with E-state index in [0.717, 1.165) is 18.6 Å². The van der Waals surface area contributed by atoms with Gasteiger partial charge in [-0.2, -0.15) is 0 Å². The van der Waals surface area contributed by atoms with Crippen LogP contribution in [-0.4, -0.2) is 24.2 Å². The Kier molecular flexibility index (Phi) is 6.40. The van der Waals surface area contributed by atoms with E-state index in [1.807, 2.05) is 19.1 Å². The van der Waals surface area contributed by atoms with Crippen LogP contribution < -0.4 is 5.32 Å². The molecule has 0 aliphatic rings. The molecule has 0 aliphatic heterocycles. The number of aliphatic hydroxyl groups is 1. The summed E-state index contributed by atoms with van der Waals surface area (Å²) in [6.07, 6.45) is 4.57. The van der Waals surface area contributed by atoms with Crippen LogP contribution in [0.1, 0.15) is 31.9 Å². The van der Waals surface area contributed by atoms with E-state index in [0.29, 0.717) is 25.3 Å². The third kappa shape index (κ3) is 6.12. The number of hydrogen-bond acceptors (Lipinski definition) is 3. The topological polar surface area (TPSA) is 62.5 Å². The normalized spacial score (nSPS) is 12.4. The van der Waals surface area contributed by atoms with E-state index >= 15 is 0 Å². The summed E-state index contributed by atoms with van der Waals surface area (Å²) >= 11 is 0. The van der Waals surface area contributed by atoms with Gasteiger partial charge in [0.15, 0.2) is 0 Å². The fourth-order valence-electron chi connectivity index (χ4n) is 1.55.